The number of hydrogen-bond donors (Lipinski definition) is 1. The van der Waals surface area contributed by atoms with Gasteiger partial charge in [-0.2, -0.15) is 0 Å². The monoisotopic (exact) mass is 265 g/mol. The van der Waals surface area contributed by atoms with E-state index >= 15 is 0 Å². The zero-order valence-corrected chi connectivity index (χ0v) is 12.6. The molecule has 2 rings (SSSR count). The van der Waals surface area contributed by atoms with Crippen LogP contribution in [0.25, 0.3) is 0 Å². The quantitative estimate of drug-likeness (QED) is 0.874. The van der Waals surface area contributed by atoms with E-state index in [1.807, 2.05) is 13.2 Å². The fourth-order valence-electron chi connectivity index (χ4n) is 2.86. The highest BCUT2D eigenvalue weighted by molar-refractivity contribution is 4.96. The molecule has 1 saturated heterocycles. The molecule has 0 aliphatic carbocycles. The Balaban J connectivity index is 2.06. The molecule has 1 aliphatic heterocycles. The molecule has 3 unspecified atom stereocenters. The molecule has 0 radical (unpaired) electrons. The van der Waals surface area contributed by atoms with E-state index in [1.165, 1.54) is 12.8 Å². The van der Waals surface area contributed by atoms with Crippen LogP contribution in [0.4, 0.5) is 0 Å². The normalized spacial score (nSPS) is 26.5. The first kappa shape index (κ1) is 14.5. The summed E-state index contributed by atoms with van der Waals surface area (Å²) in [6, 6.07) is 1.21. The molecule has 19 heavy (non-hydrogen) atoms. The number of piperazine rings is 1. The molecule has 1 aromatic rings. The van der Waals surface area contributed by atoms with Crippen LogP contribution in [0.1, 0.15) is 39.3 Å². The van der Waals surface area contributed by atoms with Crippen LogP contribution in [-0.4, -0.2) is 45.1 Å². The van der Waals surface area contributed by atoms with Crippen molar-refractivity contribution in [1.82, 2.24) is 25.2 Å². The predicted molar refractivity (Wildman–Crippen MR) is 76.7 cm³/mol. The Bertz CT molecular complexity index is 389. The Morgan fingerprint density at radius 1 is 1.47 bits per heavy atom. The molecule has 0 bridgehead atoms. The second-order valence-electron chi connectivity index (χ2n) is 5.78. The molecule has 1 fully saturated rings. The van der Waals surface area contributed by atoms with Gasteiger partial charge in [0.25, 0.3) is 0 Å². The summed E-state index contributed by atoms with van der Waals surface area (Å²) in [5, 5.41) is 11.9. The number of hydrogen-bond acceptors (Lipinski definition) is 4. The van der Waals surface area contributed by atoms with Crippen LogP contribution in [-0.2, 0) is 13.6 Å². The summed E-state index contributed by atoms with van der Waals surface area (Å²) in [5.41, 5.74) is 1.08. The average molecular weight is 265 g/mol. The summed E-state index contributed by atoms with van der Waals surface area (Å²) in [4.78, 5) is 2.59. The van der Waals surface area contributed by atoms with Crippen LogP contribution in [0, 0.1) is 5.92 Å². The van der Waals surface area contributed by atoms with Crippen molar-refractivity contribution in [3.63, 3.8) is 0 Å². The maximum atomic E-state index is 4.23. The van der Waals surface area contributed by atoms with Crippen LogP contribution in [0.5, 0.6) is 0 Å². The molecule has 1 N–H and O–H groups in total. The van der Waals surface area contributed by atoms with Gasteiger partial charge in [-0.3, -0.25) is 9.58 Å². The number of aromatic nitrogens is 3. The van der Waals surface area contributed by atoms with Gasteiger partial charge in [0.05, 0.1) is 5.69 Å². The van der Waals surface area contributed by atoms with Crippen LogP contribution in [0.2, 0.25) is 0 Å². The Morgan fingerprint density at radius 3 is 2.84 bits per heavy atom. The summed E-state index contributed by atoms with van der Waals surface area (Å²) in [6.45, 7) is 10.00. The molecule has 0 saturated carbocycles. The fourth-order valence-corrected chi connectivity index (χ4v) is 2.86. The van der Waals surface area contributed by atoms with E-state index in [9.17, 15) is 0 Å². The largest absolute Gasteiger partial charge is 0.311 e. The first-order valence-electron chi connectivity index (χ1n) is 7.46. The first-order chi connectivity index (χ1) is 9.13. The van der Waals surface area contributed by atoms with Gasteiger partial charge in [-0.05, 0) is 12.3 Å². The summed E-state index contributed by atoms with van der Waals surface area (Å²) >= 11 is 0. The lowest BCUT2D eigenvalue weighted by atomic mass is 9.94. The Kier molecular flexibility index (Phi) is 4.93. The minimum absolute atomic E-state index is 0.606. The standard InChI is InChI=1S/C14H27N5/c1-5-11(3)14-7-15-12(6-2)9-19(14)10-13-8-18(4)17-16-13/h8,11-12,14-15H,5-7,9-10H2,1-4H3. The lowest BCUT2D eigenvalue weighted by Gasteiger charge is -2.42. The minimum atomic E-state index is 0.606. The van der Waals surface area contributed by atoms with Gasteiger partial charge in [-0.1, -0.05) is 32.4 Å². The summed E-state index contributed by atoms with van der Waals surface area (Å²) in [7, 11) is 1.93. The predicted octanol–water partition coefficient (Wildman–Crippen LogP) is 1.41. The van der Waals surface area contributed by atoms with Crippen LogP contribution < -0.4 is 5.32 Å². The number of aryl methyl sites for hydroxylation is 1. The van der Waals surface area contributed by atoms with Crippen LogP contribution >= 0.6 is 0 Å². The highest BCUT2D eigenvalue weighted by atomic mass is 15.4. The SMILES string of the molecule is CCC1CN(Cc2cn(C)nn2)C(C(C)CC)CN1. The fraction of sp³-hybridized carbons (Fsp3) is 0.857. The summed E-state index contributed by atoms with van der Waals surface area (Å²) < 4.78 is 1.78. The lowest BCUT2D eigenvalue weighted by Crippen LogP contribution is -2.57. The van der Waals surface area contributed by atoms with Gasteiger partial charge in [0.2, 0.25) is 0 Å². The van der Waals surface area contributed by atoms with Crippen LogP contribution in [0.15, 0.2) is 6.20 Å². The van der Waals surface area contributed by atoms with Crippen molar-refractivity contribution in [2.45, 2.75) is 52.2 Å². The molecule has 0 amide bonds. The lowest BCUT2D eigenvalue weighted by molar-refractivity contribution is 0.0820. The van der Waals surface area contributed by atoms with Crippen LogP contribution in [0.3, 0.4) is 0 Å². The van der Waals surface area contributed by atoms with E-state index in [0.717, 1.165) is 25.3 Å². The van der Waals surface area contributed by atoms with Crippen molar-refractivity contribution >= 4 is 0 Å². The third-order valence-electron chi connectivity index (χ3n) is 4.35. The molecule has 5 heteroatoms. The van der Waals surface area contributed by atoms with Crippen molar-refractivity contribution in [1.29, 1.82) is 0 Å². The number of rotatable bonds is 5. The van der Waals surface area contributed by atoms with Gasteiger partial charge in [0.1, 0.15) is 0 Å². The van der Waals surface area contributed by atoms with Gasteiger partial charge >= 0.3 is 0 Å². The van der Waals surface area contributed by atoms with Crippen molar-refractivity contribution < 1.29 is 0 Å². The zero-order valence-electron chi connectivity index (χ0n) is 12.6. The average Bonchev–Trinajstić information content (AvgIpc) is 2.83. The van der Waals surface area contributed by atoms with Gasteiger partial charge in [-0.25, -0.2) is 0 Å². The third kappa shape index (κ3) is 3.54. The second-order valence-corrected chi connectivity index (χ2v) is 5.78. The van der Waals surface area contributed by atoms with Crippen molar-refractivity contribution in [3.05, 3.63) is 11.9 Å². The molecule has 0 aromatic carbocycles. The molecule has 1 aromatic heterocycles. The van der Waals surface area contributed by atoms with E-state index in [1.54, 1.807) is 4.68 Å². The molecule has 108 valence electrons. The van der Waals surface area contributed by atoms with Crippen molar-refractivity contribution in [2.24, 2.45) is 13.0 Å². The molecular weight excluding hydrogens is 238 g/mol. The topological polar surface area (TPSA) is 46.0 Å². The molecule has 2 heterocycles. The summed E-state index contributed by atoms with van der Waals surface area (Å²) in [5.74, 6) is 0.710. The smallest absolute Gasteiger partial charge is 0.0967 e. The molecular formula is C14H27N5. The first-order valence-corrected chi connectivity index (χ1v) is 7.46. The highest BCUT2D eigenvalue weighted by Gasteiger charge is 2.30. The van der Waals surface area contributed by atoms with E-state index in [4.69, 9.17) is 0 Å². The van der Waals surface area contributed by atoms with Crippen molar-refractivity contribution in [3.8, 4) is 0 Å². The Morgan fingerprint density at radius 2 is 2.26 bits per heavy atom. The number of nitrogens with one attached hydrogen (secondary N) is 1. The van der Waals surface area contributed by atoms with E-state index in [-0.39, 0.29) is 0 Å². The molecule has 5 nitrogen and oxygen atoms in total. The molecule has 3 atom stereocenters. The number of nitrogens with zero attached hydrogens (tertiary/aromatic N) is 4. The molecule has 1 aliphatic rings. The van der Waals surface area contributed by atoms with Gasteiger partial charge in [0.15, 0.2) is 0 Å². The maximum absolute atomic E-state index is 4.23. The van der Waals surface area contributed by atoms with Gasteiger partial charge in [-0.15, -0.1) is 5.10 Å². The molecule has 0 spiro atoms. The minimum Gasteiger partial charge on any atom is -0.311 e. The van der Waals surface area contributed by atoms with Gasteiger partial charge in [0, 0.05) is 45.0 Å². The Hall–Kier alpha value is -0.940. The highest BCUT2D eigenvalue weighted by Crippen LogP contribution is 2.20. The maximum Gasteiger partial charge on any atom is 0.0967 e. The van der Waals surface area contributed by atoms with Crippen molar-refractivity contribution in [2.75, 3.05) is 13.1 Å². The summed E-state index contributed by atoms with van der Waals surface area (Å²) in [6.07, 6.45) is 4.43. The van der Waals surface area contributed by atoms with E-state index in [2.05, 4.69) is 41.3 Å². The zero-order chi connectivity index (χ0) is 13.8. The van der Waals surface area contributed by atoms with E-state index < -0.39 is 0 Å². The van der Waals surface area contributed by atoms with Gasteiger partial charge < -0.3 is 5.32 Å². The second kappa shape index (κ2) is 6.48. The Labute approximate surface area is 116 Å². The van der Waals surface area contributed by atoms with E-state index in [0.29, 0.717) is 18.0 Å². The third-order valence-corrected chi connectivity index (χ3v) is 4.35.